The van der Waals surface area contributed by atoms with Crippen molar-refractivity contribution in [3.05, 3.63) is 48.3 Å². The van der Waals surface area contributed by atoms with Gasteiger partial charge in [-0.05, 0) is 26.3 Å². The largest absolute Gasteiger partial charge is 0.494 e. The molecule has 9 nitrogen and oxygen atoms in total. The monoisotopic (exact) mass is 482 g/mol. The summed E-state index contributed by atoms with van der Waals surface area (Å²) in [5.74, 6) is -0.201. The summed E-state index contributed by atoms with van der Waals surface area (Å²) in [4.78, 5) is 19.7. The van der Waals surface area contributed by atoms with Gasteiger partial charge in [-0.15, -0.1) is 6.58 Å². The number of methoxy groups -OCH3 is 1. The van der Waals surface area contributed by atoms with Crippen LogP contribution in [0.4, 0.5) is 23.9 Å². The molecule has 0 spiro atoms. The van der Waals surface area contributed by atoms with E-state index in [4.69, 9.17) is 4.74 Å². The normalized spacial score (nSPS) is 22.9. The number of carbonyl (C=O) groups is 1. The Morgan fingerprint density at radius 3 is 2.82 bits per heavy atom. The zero-order valence-corrected chi connectivity index (χ0v) is 19.0. The van der Waals surface area contributed by atoms with Crippen molar-refractivity contribution in [3.63, 3.8) is 0 Å². The van der Waals surface area contributed by atoms with Gasteiger partial charge in [0.25, 0.3) is 0 Å². The van der Waals surface area contributed by atoms with E-state index in [1.54, 1.807) is 6.92 Å². The maximum absolute atomic E-state index is 13.9. The second-order valence-corrected chi connectivity index (χ2v) is 7.76. The predicted molar refractivity (Wildman–Crippen MR) is 120 cm³/mol. The number of rotatable bonds is 8. The molecule has 3 heterocycles. The number of piperidine rings is 1. The number of nitrogens with one attached hydrogen (secondary N) is 4. The van der Waals surface area contributed by atoms with Gasteiger partial charge in [-0.1, -0.05) is 6.08 Å². The van der Waals surface area contributed by atoms with E-state index in [1.807, 2.05) is 0 Å². The highest BCUT2D eigenvalue weighted by molar-refractivity contribution is 5.73. The van der Waals surface area contributed by atoms with Crippen molar-refractivity contribution in [1.82, 2.24) is 25.9 Å². The third-order valence-corrected chi connectivity index (χ3v) is 5.52. The number of ether oxygens (including phenoxy) is 2. The van der Waals surface area contributed by atoms with Crippen LogP contribution >= 0.6 is 0 Å². The third-order valence-electron chi connectivity index (χ3n) is 5.52. The number of hydrogen-bond donors (Lipinski definition) is 4. The van der Waals surface area contributed by atoms with Gasteiger partial charge in [-0.25, -0.2) is 14.8 Å². The number of anilines is 1. The first-order valence-corrected chi connectivity index (χ1v) is 11.0. The molecule has 186 valence electrons. The summed E-state index contributed by atoms with van der Waals surface area (Å²) in [6.07, 6.45) is 1.54. The van der Waals surface area contributed by atoms with Crippen molar-refractivity contribution in [2.24, 2.45) is 5.92 Å². The molecule has 2 aliphatic rings. The van der Waals surface area contributed by atoms with E-state index in [0.717, 1.165) is 25.6 Å². The van der Waals surface area contributed by atoms with Crippen LogP contribution in [0.5, 0.6) is 0 Å². The zero-order valence-electron chi connectivity index (χ0n) is 19.0. The minimum atomic E-state index is -4.66. The molecular formula is C22H29F3N6O3. The summed E-state index contributed by atoms with van der Waals surface area (Å²) >= 11 is 0. The van der Waals surface area contributed by atoms with Gasteiger partial charge in [-0.2, -0.15) is 13.2 Å². The molecule has 2 unspecified atom stereocenters. The molecule has 34 heavy (non-hydrogen) atoms. The van der Waals surface area contributed by atoms with Gasteiger partial charge in [0, 0.05) is 42.7 Å². The molecule has 3 rings (SSSR count). The van der Waals surface area contributed by atoms with Crippen molar-refractivity contribution in [1.29, 1.82) is 0 Å². The van der Waals surface area contributed by atoms with E-state index in [-0.39, 0.29) is 29.9 Å². The number of carbonyl (C=O) groups excluding carboxylic acids is 1. The van der Waals surface area contributed by atoms with Crippen LogP contribution in [-0.2, 0) is 15.7 Å². The first-order valence-electron chi connectivity index (χ1n) is 11.0. The lowest BCUT2D eigenvalue weighted by molar-refractivity contribution is -0.138. The number of alkyl carbamates (subject to hydrolysis) is 1. The Bertz CT molecular complexity index is 944. The van der Waals surface area contributed by atoms with Gasteiger partial charge in [-0.3, -0.25) is 5.32 Å². The molecule has 0 bridgehead atoms. The SMILES string of the molecule is C=CC1C(c2nc(N[C@H]3CCCNC3)ncc2C(F)(F)F)=CNC1/C(=C/NC(=O)OC)OCC. The second-order valence-electron chi connectivity index (χ2n) is 7.76. The smallest absolute Gasteiger partial charge is 0.419 e. The number of halogens is 3. The molecule has 4 N–H and O–H groups in total. The molecule has 0 aliphatic carbocycles. The first kappa shape index (κ1) is 25.3. The van der Waals surface area contributed by atoms with E-state index in [0.29, 0.717) is 12.3 Å². The maximum atomic E-state index is 13.9. The zero-order chi connectivity index (χ0) is 24.7. The quantitative estimate of drug-likeness (QED) is 0.331. The van der Waals surface area contributed by atoms with E-state index >= 15 is 0 Å². The van der Waals surface area contributed by atoms with Crippen LogP contribution in [0.25, 0.3) is 5.57 Å². The van der Waals surface area contributed by atoms with E-state index in [9.17, 15) is 18.0 Å². The highest BCUT2D eigenvalue weighted by atomic mass is 19.4. The molecular weight excluding hydrogens is 453 g/mol. The molecule has 2 aliphatic heterocycles. The number of aromatic nitrogens is 2. The van der Waals surface area contributed by atoms with Gasteiger partial charge < -0.3 is 25.4 Å². The third kappa shape index (κ3) is 5.99. The molecule has 1 fully saturated rings. The summed E-state index contributed by atoms with van der Waals surface area (Å²) in [5.41, 5.74) is -0.913. The van der Waals surface area contributed by atoms with Gasteiger partial charge >= 0.3 is 12.3 Å². The minimum Gasteiger partial charge on any atom is -0.494 e. The van der Waals surface area contributed by atoms with Gasteiger partial charge in [0.2, 0.25) is 5.95 Å². The highest BCUT2D eigenvalue weighted by Crippen LogP contribution is 2.40. The Balaban J connectivity index is 1.93. The van der Waals surface area contributed by atoms with Crippen LogP contribution in [-0.4, -0.2) is 55.0 Å². The number of amides is 1. The van der Waals surface area contributed by atoms with Crippen molar-refractivity contribution in [2.45, 2.75) is 38.0 Å². The van der Waals surface area contributed by atoms with Crippen LogP contribution in [0, 0.1) is 5.92 Å². The lowest BCUT2D eigenvalue weighted by Gasteiger charge is -2.25. The lowest BCUT2D eigenvalue weighted by Crippen LogP contribution is -2.39. The highest BCUT2D eigenvalue weighted by Gasteiger charge is 2.40. The van der Waals surface area contributed by atoms with Crippen LogP contribution in [0.2, 0.25) is 0 Å². The Labute approximate surface area is 195 Å². The molecule has 1 amide bonds. The van der Waals surface area contributed by atoms with Crippen molar-refractivity contribution < 1.29 is 27.4 Å². The van der Waals surface area contributed by atoms with Crippen LogP contribution in [0.3, 0.4) is 0 Å². The molecule has 1 saturated heterocycles. The van der Waals surface area contributed by atoms with Crippen molar-refractivity contribution >= 4 is 17.6 Å². The number of nitrogens with zero attached hydrogens (tertiary/aromatic N) is 2. The Kier molecular flexibility index (Phi) is 8.37. The number of alkyl halides is 3. The molecule has 1 aromatic heterocycles. The second kappa shape index (κ2) is 11.2. The fraction of sp³-hybridized carbons (Fsp3) is 0.500. The van der Waals surface area contributed by atoms with Crippen molar-refractivity contribution in [2.75, 3.05) is 32.1 Å². The molecule has 3 atom stereocenters. The summed E-state index contributed by atoms with van der Waals surface area (Å²) in [6, 6.07) is -0.589. The van der Waals surface area contributed by atoms with Gasteiger partial charge in [0.05, 0.1) is 25.5 Å². The van der Waals surface area contributed by atoms with Crippen LogP contribution in [0.1, 0.15) is 31.0 Å². The minimum absolute atomic E-state index is 0.0221. The average molecular weight is 483 g/mol. The van der Waals surface area contributed by atoms with E-state index in [1.165, 1.54) is 25.6 Å². The molecule has 1 aromatic rings. The molecule has 0 radical (unpaired) electrons. The summed E-state index contributed by atoms with van der Waals surface area (Å²) < 4.78 is 51.8. The fourth-order valence-electron chi connectivity index (χ4n) is 3.92. The van der Waals surface area contributed by atoms with Crippen LogP contribution < -0.4 is 21.3 Å². The average Bonchev–Trinajstić information content (AvgIpc) is 3.25. The summed E-state index contributed by atoms with van der Waals surface area (Å²) in [7, 11) is 1.21. The lowest BCUT2D eigenvalue weighted by atomic mass is 9.90. The molecule has 0 aromatic carbocycles. The van der Waals surface area contributed by atoms with Crippen LogP contribution in [0.15, 0.2) is 37.0 Å². The topological polar surface area (TPSA) is 109 Å². The number of hydrogen-bond acceptors (Lipinski definition) is 8. The Morgan fingerprint density at radius 1 is 1.41 bits per heavy atom. The Morgan fingerprint density at radius 2 is 2.21 bits per heavy atom. The van der Waals surface area contributed by atoms with Gasteiger partial charge in [0.1, 0.15) is 11.3 Å². The predicted octanol–water partition coefficient (Wildman–Crippen LogP) is 3.01. The van der Waals surface area contributed by atoms with E-state index < -0.39 is 29.8 Å². The fourth-order valence-corrected chi connectivity index (χ4v) is 3.92. The first-order chi connectivity index (χ1) is 16.3. The Hall–Kier alpha value is -3.28. The summed E-state index contributed by atoms with van der Waals surface area (Å²) in [6.45, 7) is 7.41. The van der Waals surface area contributed by atoms with Crippen molar-refractivity contribution in [3.8, 4) is 0 Å². The van der Waals surface area contributed by atoms with Gasteiger partial charge in [0.15, 0.2) is 0 Å². The summed E-state index contributed by atoms with van der Waals surface area (Å²) in [5, 5.41) is 11.8. The van der Waals surface area contributed by atoms with E-state index in [2.05, 4.69) is 42.6 Å². The molecule has 12 heteroatoms. The maximum Gasteiger partial charge on any atom is 0.419 e. The standard InChI is InChI=1S/C22H29F3N6O3/c1-4-14-15(10-27-19(14)17(34-5-2)12-29-21(32)33-3)18-16(22(23,24)25)11-28-20(31-18)30-13-7-6-8-26-9-13/h4,10-14,19,26-27H,1,5-9H2,2-3H3,(H,29,32)(H,28,30,31)/b17-12-/t13-,14?,19?/m0/s1. The molecule has 0 saturated carbocycles.